The van der Waals surface area contributed by atoms with Gasteiger partial charge in [-0.1, -0.05) is 49.4 Å². The summed E-state index contributed by atoms with van der Waals surface area (Å²) < 4.78 is 1.22. The average molecular weight is 425 g/mol. The van der Waals surface area contributed by atoms with E-state index in [0.717, 1.165) is 16.3 Å². The first-order valence-electron chi connectivity index (χ1n) is 9.66. The summed E-state index contributed by atoms with van der Waals surface area (Å²) in [6.07, 6.45) is 0.647. The Labute approximate surface area is 178 Å². The number of nitrogens with two attached hydrogens (primary N) is 1. The van der Waals surface area contributed by atoms with E-state index in [2.05, 4.69) is 22.4 Å². The van der Waals surface area contributed by atoms with Gasteiger partial charge in [-0.05, 0) is 24.1 Å². The van der Waals surface area contributed by atoms with Gasteiger partial charge in [-0.15, -0.1) is 11.8 Å². The number of H-pyrrole nitrogens is 1. The maximum absolute atomic E-state index is 12.7. The monoisotopic (exact) mass is 424 g/mol. The Kier molecular flexibility index (Phi) is 7.13. The first-order chi connectivity index (χ1) is 14.5. The standard InChI is InChI=1S/C22H24N4O3S/c1-2-12-26-20(23)19(21(28)25-22(26)29)17(27)13-24-16-10-6-7-11-18(16)30-14-15-8-4-3-5-9-15/h3-11,24H,2,12-14,23H2,1H3,(H,25,28,29). The Hall–Kier alpha value is -3.26. The zero-order valence-electron chi connectivity index (χ0n) is 16.7. The lowest BCUT2D eigenvalue weighted by molar-refractivity contribution is 0.100. The number of rotatable bonds is 9. The lowest BCUT2D eigenvalue weighted by atomic mass is 10.2. The molecule has 0 amide bonds. The van der Waals surface area contributed by atoms with Gasteiger partial charge in [0.25, 0.3) is 5.56 Å². The molecule has 0 aliphatic rings. The SMILES string of the molecule is CCCn1c(N)c(C(=O)CNc2ccccc2SCc2ccccc2)c(=O)[nH]c1=O. The van der Waals surface area contributed by atoms with E-state index >= 15 is 0 Å². The molecule has 0 unspecified atom stereocenters. The summed E-state index contributed by atoms with van der Waals surface area (Å²) >= 11 is 1.65. The van der Waals surface area contributed by atoms with Gasteiger partial charge >= 0.3 is 5.69 Å². The van der Waals surface area contributed by atoms with Crippen LogP contribution in [-0.2, 0) is 12.3 Å². The van der Waals surface area contributed by atoms with Crippen LogP contribution in [-0.4, -0.2) is 21.9 Å². The molecular weight excluding hydrogens is 400 g/mol. The Morgan fingerprint density at radius 3 is 2.53 bits per heavy atom. The first-order valence-corrected chi connectivity index (χ1v) is 10.6. The average Bonchev–Trinajstić information content (AvgIpc) is 2.75. The summed E-state index contributed by atoms with van der Waals surface area (Å²) in [6, 6.07) is 17.8. The van der Waals surface area contributed by atoms with Crippen molar-refractivity contribution in [2.45, 2.75) is 30.5 Å². The molecule has 30 heavy (non-hydrogen) atoms. The Balaban J connectivity index is 1.75. The summed E-state index contributed by atoms with van der Waals surface area (Å²) in [5.74, 6) is 0.229. The number of nitrogens with one attached hydrogen (secondary N) is 2. The van der Waals surface area contributed by atoms with Crippen LogP contribution in [0.25, 0.3) is 0 Å². The number of hydrogen-bond acceptors (Lipinski definition) is 6. The van der Waals surface area contributed by atoms with Crippen LogP contribution < -0.4 is 22.3 Å². The molecule has 0 bridgehead atoms. The van der Waals surface area contributed by atoms with Crippen molar-refractivity contribution in [2.24, 2.45) is 0 Å². The van der Waals surface area contributed by atoms with E-state index in [9.17, 15) is 14.4 Å². The molecule has 0 aliphatic carbocycles. The number of hydrogen-bond donors (Lipinski definition) is 3. The highest BCUT2D eigenvalue weighted by atomic mass is 32.2. The zero-order chi connectivity index (χ0) is 21.5. The summed E-state index contributed by atoms with van der Waals surface area (Å²) in [5, 5.41) is 3.10. The third-order valence-electron chi connectivity index (χ3n) is 4.53. The van der Waals surface area contributed by atoms with Crippen molar-refractivity contribution in [3.63, 3.8) is 0 Å². The molecule has 0 atom stereocenters. The maximum atomic E-state index is 12.7. The van der Waals surface area contributed by atoms with Crippen LogP contribution in [0, 0.1) is 0 Å². The van der Waals surface area contributed by atoms with Gasteiger partial charge in [0.15, 0.2) is 5.78 Å². The Morgan fingerprint density at radius 2 is 1.80 bits per heavy atom. The second-order valence-corrected chi connectivity index (χ2v) is 7.74. The van der Waals surface area contributed by atoms with Gasteiger partial charge in [0, 0.05) is 22.9 Å². The summed E-state index contributed by atoms with van der Waals surface area (Å²) in [6.45, 7) is 2.10. The van der Waals surface area contributed by atoms with Crippen molar-refractivity contribution in [3.8, 4) is 0 Å². The molecule has 3 aromatic rings. The van der Waals surface area contributed by atoms with Crippen molar-refractivity contribution in [3.05, 3.63) is 86.6 Å². The van der Waals surface area contributed by atoms with Gasteiger partial charge in [-0.25, -0.2) is 4.79 Å². The number of carbonyl (C=O) groups excluding carboxylic acids is 1. The normalized spacial score (nSPS) is 10.7. The molecule has 1 aromatic heterocycles. The molecule has 8 heteroatoms. The minimum Gasteiger partial charge on any atom is -0.384 e. The Bertz CT molecular complexity index is 1140. The number of thioether (sulfide) groups is 1. The van der Waals surface area contributed by atoms with Gasteiger partial charge in [0.05, 0.1) is 6.54 Å². The summed E-state index contributed by atoms with van der Waals surface area (Å²) in [5.41, 5.74) is 6.41. The zero-order valence-corrected chi connectivity index (χ0v) is 17.5. The van der Waals surface area contributed by atoms with E-state index in [4.69, 9.17) is 5.73 Å². The number of aromatic amines is 1. The van der Waals surface area contributed by atoms with Crippen LogP contribution in [0.2, 0.25) is 0 Å². The maximum Gasteiger partial charge on any atom is 0.329 e. The smallest absolute Gasteiger partial charge is 0.329 e. The molecule has 4 N–H and O–H groups in total. The van der Waals surface area contributed by atoms with Crippen LogP contribution in [0.1, 0.15) is 29.3 Å². The molecule has 3 rings (SSSR count). The van der Waals surface area contributed by atoms with Crippen LogP contribution in [0.15, 0.2) is 69.1 Å². The molecule has 0 fully saturated rings. The highest BCUT2D eigenvalue weighted by molar-refractivity contribution is 7.98. The number of benzene rings is 2. The molecule has 0 saturated carbocycles. The highest BCUT2D eigenvalue weighted by Gasteiger charge is 2.19. The van der Waals surface area contributed by atoms with Crippen molar-refractivity contribution >= 4 is 29.1 Å². The second-order valence-electron chi connectivity index (χ2n) is 6.72. The number of nitrogen functional groups attached to an aromatic ring is 1. The van der Waals surface area contributed by atoms with E-state index in [1.165, 1.54) is 10.1 Å². The third kappa shape index (κ3) is 5.01. The van der Waals surface area contributed by atoms with E-state index in [1.807, 2.05) is 49.4 Å². The molecule has 7 nitrogen and oxygen atoms in total. The van der Waals surface area contributed by atoms with Crippen LogP contribution in [0.4, 0.5) is 11.5 Å². The van der Waals surface area contributed by atoms with E-state index in [0.29, 0.717) is 13.0 Å². The third-order valence-corrected chi connectivity index (χ3v) is 5.67. The molecule has 1 heterocycles. The van der Waals surface area contributed by atoms with Crippen LogP contribution in [0.5, 0.6) is 0 Å². The summed E-state index contributed by atoms with van der Waals surface area (Å²) in [7, 11) is 0. The molecule has 0 radical (unpaired) electrons. The largest absolute Gasteiger partial charge is 0.384 e. The van der Waals surface area contributed by atoms with Gasteiger partial charge in [0.2, 0.25) is 0 Å². The highest BCUT2D eigenvalue weighted by Crippen LogP contribution is 2.29. The number of Topliss-reactive ketones (excluding diaryl/α,β-unsaturated/α-hetero) is 1. The fourth-order valence-electron chi connectivity index (χ4n) is 3.04. The number of anilines is 2. The quantitative estimate of drug-likeness (QED) is 0.360. The van der Waals surface area contributed by atoms with Crippen molar-refractivity contribution in [1.29, 1.82) is 0 Å². The van der Waals surface area contributed by atoms with Gasteiger partial charge in [-0.3, -0.25) is 19.1 Å². The number of ketones is 1. The topological polar surface area (TPSA) is 110 Å². The molecule has 2 aromatic carbocycles. The van der Waals surface area contributed by atoms with Gasteiger partial charge in [0.1, 0.15) is 11.4 Å². The van der Waals surface area contributed by atoms with Gasteiger partial charge in [-0.2, -0.15) is 0 Å². The van der Waals surface area contributed by atoms with Crippen molar-refractivity contribution < 1.29 is 4.79 Å². The fraction of sp³-hybridized carbons (Fsp3) is 0.227. The predicted molar refractivity (Wildman–Crippen MR) is 121 cm³/mol. The lowest BCUT2D eigenvalue weighted by Gasteiger charge is -2.13. The fourth-order valence-corrected chi connectivity index (χ4v) is 4.03. The number of para-hydroxylation sites is 1. The number of nitrogens with zero attached hydrogens (tertiary/aromatic N) is 1. The molecule has 156 valence electrons. The van der Waals surface area contributed by atoms with Crippen LogP contribution in [0.3, 0.4) is 0 Å². The molecule has 0 spiro atoms. The molecular formula is C22H24N4O3S. The minimum atomic E-state index is -0.761. The van der Waals surface area contributed by atoms with Crippen molar-refractivity contribution in [1.82, 2.24) is 9.55 Å². The Morgan fingerprint density at radius 1 is 1.10 bits per heavy atom. The first kappa shape index (κ1) is 21.4. The summed E-state index contributed by atoms with van der Waals surface area (Å²) in [4.78, 5) is 40.0. The predicted octanol–water partition coefficient (Wildman–Crippen LogP) is 3.12. The van der Waals surface area contributed by atoms with E-state index in [1.54, 1.807) is 11.8 Å². The second kappa shape index (κ2) is 9.98. The number of carbonyl (C=O) groups is 1. The molecule has 0 saturated heterocycles. The van der Waals surface area contributed by atoms with E-state index < -0.39 is 17.0 Å². The molecule has 0 aliphatic heterocycles. The van der Waals surface area contributed by atoms with E-state index in [-0.39, 0.29) is 17.9 Å². The van der Waals surface area contributed by atoms with Gasteiger partial charge < -0.3 is 11.1 Å². The number of aromatic nitrogens is 2. The van der Waals surface area contributed by atoms with Crippen molar-refractivity contribution in [2.75, 3.05) is 17.6 Å². The lowest BCUT2D eigenvalue weighted by Crippen LogP contribution is -2.37. The minimum absolute atomic E-state index is 0.0934. The van der Waals surface area contributed by atoms with Crippen LogP contribution >= 0.6 is 11.8 Å².